The fraction of sp³-hybridized carbons (Fsp3) is 0.357. The van der Waals surface area contributed by atoms with Crippen LogP contribution in [-0.2, 0) is 16.6 Å². The first-order valence-electron chi connectivity index (χ1n) is 12.0. The van der Waals surface area contributed by atoms with Gasteiger partial charge in [0.25, 0.3) is 5.01 Å². The number of hydrogen-bond acceptors (Lipinski definition) is 4. The van der Waals surface area contributed by atoms with Crippen molar-refractivity contribution in [3.05, 3.63) is 69.8 Å². The fourth-order valence-corrected chi connectivity index (χ4v) is 9.81. The van der Waals surface area contributed by atoms with Crippen molar-refractivity contribution in [1.29, 1.82) is 0 Å². The topological polar surface area (TPSA) is 30.2 Å². The van der Waals surface area contributed by atoms with Crippen LogP contribution in [-0.4, -0.2) is 19.2 Å². The van der Waals surface area contributed by atoms with E-state index in [1.807, 2.05) is 30.0 Å². The zero-order valence-corrected chi connectivity index (χ0v) is 22.5. The summed E-state index contributed by atoms with van der Waals surface area (Å²) >= 11 is 3.80. The van der Waals surface area contributed by atoms with Gasteiger partial charge < -0.3 is 4.74 Å². The lowest BCUT2D eigenvalue weighted by atomic mass is 9.78. The van der Waals surface area contributed by atoms with Crippen LogP contribution in [0, 0.1) is 11.8 Å². The highest BCUT2D eigenvalue weighted by Crippen LogP contribution is 2.57. The van der Waals surface area contributed by atoms with Gasteiger partial charge in [-0.1, -0.05) is 53.4 Å². The highest BCUT2D eigenvalue weighted by molar-refractivity contribution is 8.14. The molecular formula is C28H31NO2PS2+. The summed E-state index contributed by atoms with van der Waals surface area (Å²) < 4.78 is 10.4. The number of carbonyl (C=O) groups excluding carboxylic acids is 1. The first-order valence-corrected chi connectivity index (χ1v) is 15.5. The number of benzene rings is 2. The van der Waals surface area contributed by atoms with Gasteiger partial charge in [-0.05, 0) is 82.2 Å². The van der Waals surface area contributed by atoms with Gasteiger partial charge in [0.2, 0.25) is 5.52 Å². The quantitative estimate of drug-likeness (QED) is 0.214. The van der Waals surface area contributed by atoms with E-state index in [1.54, 1.807) is 0 Å². The van der Waals surface area contributed by atoms with Crippen LogP contribution in [0.5, 0.6) is 0 Å². The molecule has 176 valence electrons. The number of hydrogen-bond donors (Lipinski definition) is 0. The number of carbonyl (C=O) groups is 1. The largest absolute Gasteiger partial charge is 0.466 e. The maximum Gasteiger partial charge on any atom is 0.308 e. The Labute approximate surface area is 211 Å². The molecule has 1 unspecified atom stereocenters. The highest BCUT2D eigenvalue weighted by Gasteiger charge is 2.31. The first-order chi connectivity index (χ1) is 16.5. The van der Waals surface area contributed by atoms with E-state index in [0.29, 0.717) is 12.5 Å². The number of para-hydroxylation sites is 1. The number of allylic oxidation sites excluding steroid dienone is 2. The lowest BCUT2D eigenvalue weighted by Crippen LogP contribution is -2.29. The summed E-state index contributed by atoms with van der Waals surface area (Å²) in [5.74, 6) is 0.509. The summed E-state index contributed by atoms with van der Waals surface area (Å²) in [6.07, 6.45) is 8.80. The van der Waals surface area contributed by atoms with Crippen LogP contribution in [0.15, 0.2) is 69.7 Å². The number of aryl methyl sites for hydroxylation is 1. The molecule has 2 aliphatic rings. The molecule has 0 saturated heterocycles. The molecule has 0 spiro atoms. The van der Waals surface area contributed by atoms with Gasteiger partial charge in [0.1, 0.15) is 11.7 Å². The van der Waals surface area contributed by atoms with E-state index in [0.717, 1.165) is 25.7 Å². The molecule has 3 aromatic rings. The molecule has 2 aromatic carbocycles. The zero-order valence-electron chi connectivity index (χ0n) is 20.0. The van der Waals surface area contributed by atoms with Gasteiger partial charge in [0.05, 0.1) is 12.5 Å². The predicted octanol–water partition coefficient (Wildman–Crippen LogP) is 6.86. The number of thioether (sulfide) groups is 1. The lowest BCUT2D eigenvalue weighted by Gasteiger charge is -2.28. The Morgan fingerprint density at radius 3 is 2.53 bits per heavy atom. The molecule has 5 rings (SSSR count). The number of fused-ring (bicyclic) bond motifs is 2. The Morgan fingerprint density at radius 2 is 1.79 bits per heavy atom. The normalized spacial score (nSPS) is 23.9. The molecular weight excluding hydrogens is 477 g/mol. The van der Waals surface area contributed by atoms with E-state index in [2.05, 4.69) is 79.0 Å². The third kappa shape index (κ3) is 4.76. The monoisotopic (exact) mass is 508 g/mol. The van der Waals surface area contributed by atoms with Crippen molar-refractivity contribution < 1.29 is 14.1 Å². The minimum atomic E-state index is -0.318. The van der Waals surface area contributed by atoms with Gasteiger partial charge in [-0.15, -0.1) is 0 Å². The third-order valence-electron chi connectivity index (χ3n) is 6.94. The molecule has 1 saturated carbocycles. The van der Waals surface area contributed by atoms with Gasteiger partial charge in [0, 0.05) is 21.7 Å². The zero-order chi connectivity index (χ0) is 23.7. The number of aromatic nitrogens is 1. The van der Waals surface area contributed by atoms with Crippen molar-refractivity contribution in [2.24, 2.45) is 18.9 Å². The molecule has 0 N–H and O–H groups in total. The molecule has 1 atom stereocenters. The maximum atomic E-state index is 12.3. The fourth-order valence-electron chi connectivity index (χ4n) is 4.98. The van der Waals surface area contributed by atoms with Crippen molar-refractivity contribution in [2.45, 2.75) is 37.5 Å². The Balaban J connectivity index is 1.48. The molecule has 0 radical (unpaired) electrons. The van der Waals surface area contributed by atoms with E-state index in [-0.39, 0.29) is 19.8 Å². The highest BCUT2D eigenvalue weighted by atomic mass is 32.2. The SMILES string of the molecule is CCOC(=O)C1CCC(C(=Cc2sc3ccccc3[n+]2C)C=C2Sc3ccccc3P2C)CC1. The Morgan fingerprint density at radius 1 is 1.09 bits per heavy atom. The van der Waals surface area contributed by atoms with Crippen molar-refractivity contribution in [3.8, 4) is 0 Å². The van der Waals surface area contributed by atoms with E-state index in [9.17, 15) is 4.79 Å². The summed E-state index contributed by atoms with van der Waals surface area (Å²) in [5, 5.41) is 2.77. The van der Waals surface area contributed by atoms with Crippen molar-refractivity contribution in [3.63, 3.8) is 0 Å². The van der Waals surface area contributed by atoms with Crippen LogP contribution in [0.2, 0.25) is 0 Å². The van der Waals surface area contributed by atoms with E-state index in [1.165, 1.54) is 35.6 Å². The van der Waals surface area contributed by atoms with Gasteiger partial charge >= 0.3 is 5.97 Å². The number of nitrogens with zero attached hydrogens (tertiary/aromatic N) is 1. The minimum absolute atomic E-state index is 0.0142. The molecule has 3 nitrogen and oxygen atoms in total. The molecule has 1 aromatic heterocycles. The van der Waals surface area contributed by atoms with Gasteiger partial charge in [-0.3, -0.25) is 4.79 Å². The molecule has 1 fully saturated rings. The molecule has 1 aliphatic heterocycles. The van der Waals surface area contributed by atoms with Crippen LogP contribution in [0.4, 0.5) is 0 Å². The minimum Gasteiger partial charge on any atom is -0.466 e. The van der Waals surface area contributed by atoms with E-state index < -0.39 is 0 Å². The summed E-state index contributed by atoms with van der Waals surface area (Å²) in [6, 6.07) is 17.5. The van der Waals surface area contributed by atoms with E-state index >= 15 is 0 Å². The van der Waals surface area contributed by atoms with Crippen LogP contribution >= 0.6 is 31.0 Å². The lowest BCUT2D eigenvalue weighted by molar-refractivity contribution is -0.642. The van der Waals surface area contributed by atoms with E-state index in [4.69, 9.17) is 4.74 Å². The third-order valence-corrected chi connectivity index (χ3v) is 12.2. The molecule has 0 amide bonds. The van der Waals surface area contributed by atoms with Gasteiger partial charge in [-0.25, -0.2) is 0 Å². The molecule has 2 heterocycles. The number of ether oxygens (including phenoxy) is 1. The van der Waals surface area contributed by atoms with Gasteiger partial charge in [-0.2, -0.15) is 4.57 Å². The molecule has 1 aliphatic carbocycles. The standard InChI is InChI=1S/C28H31NO2PS2/c1-4-31-28(30)20-15-13-19(14-16-20)21(17-26-29(2)22-9-5-7-11-24(22)33-26)18-27-32(3)23-10-6-8-12-25(23)34-27/h5-12,17-20H,4,13-16H2,1-3H3/q+1. The number of rotatable bonds is 5. The first kappa shape index (κ1) is 23.8. The Bertz CT molecular complexity index is 1270. The molecule has 0 bridgehead atoms. The Hall–Kier alpha value is -1.94. The van der Waals surface area contributed by atoms with Crippen molar-refractivity contribution in [1.82, 2.24) is 0 Å². The summed E-state index contributed by atoms with van der Waals surface area (Å²) in [4.78, 5) is 13.7. The maximum absolute atomic E-state index is 12.3. The number of thiazole rings is 1. The predicted molar refractivity (Wildman–Crippen MR) is 146 cm³/mol. The second-order valence-electron chi connectivity index (χ2n) is 9.02. The second kappa shape index (κ2) is 10.4. The average molecular weight is 509 g/mol. The Kier molecular flexibility index (Phi) is 7.24. The number of esters is 1. The van der Waals surface area contributed by atoms with Crippen molar-refractivity contribution >= 4 is 58.6 Å². The van der Waals surface area contributed by atoms with Crippen molar-refractivity contribution in [2.75, 3.05) is 13.3 Å². The van der Waals surface area contributed by atoms with Crippen LogP contribution in [0.25, 0.3) is 16.3 Å². The average Bonchev–Trinajstić information content (AvgIpc) is 3.35. The molecule has 6 heteroatoms. The smallest absolute Gasteiger partial charge is 0.308 e. The summed E-state index contributed by atoms with van der Waals surface area (Å²) in [5.41, 5.74) is 2.69. The van der Waals surface area contributed by atoms with Gasteiger partial charge in [0.15, 0.2) is 0 Å². The summed E-state index contributed by atoms with van der Waals surface area (Å²) in [6.45, 7) is 4.74. The van der Waals surface area contributed by atoms with Crippen LogP contribution < -0.4 is 9.87 Å². The second-order valence-corrected chi connectivity index (χ2v) is 13.6. The van der Waals surface area contributed by atoms with Crippen LogP contribution in [0.3, 0.4) is 0 Å². The van der Waals surface area contributed by atoms with Crippen LogP contribution in [0.1, 0.15) is 37.6 Å². The summed E-state index contributed by atoms with van der Waals surface area (Å²) in [7, 11) is 1.85. The molecule has 34 heavy (non-hydrogen) atoms.